The molecule has 0 heterocycles. The van der Waals surface area contributed by atoms with Crippen molar-refractivity contribution in [3.8, 4) is 11.5 Å². The van der Waals surface area contributed by atoms with Crippen molar-refractivity contribution in [3.63, 3.8) is 0 Å². The lowest BCUT2D eigenvalue weighted by Gasteiger charge is -2.06. The Bertz CT molecular complexity index is 732. The molecule has 25 heavy (non-hydrogen) atoms. The number of carbonyl (C=O) groups is 2. The van der Waals surface area contributed by atoms with Crippen LogP contribution in [-0.4, -0.2) is 38.3 Å². The SMILES string of the molecule is COc1cccc(/C=N\NC(=O)CNC(=O)COc2ccccc2)c1. The summed E-state index contributed by atoms with van der Waals surface area (Å²) in [5.74, 6) is 0.453. The van der Waals surface area contributed by atoms with E-state index < -0.39 is 11.8 Å². The number of amides is 2. The summed E-state index contributed by atoms with van der Waals surface area (Å²) in [5, 5.41) is 6.28. The van der Waals surface area contributed by atoms with Gasteiger partial charge in [-0.2, -0.15) is 5.10 Å². The zero-order valence-electron chi connectivity index (χ0n) is 13.8. The Morgan fingerprint density at radius 1 is 1.04 bits per heavy atom. The molecule has 0 fully saturated rings. The van der Waals surface area contributed by atoms with Crippen LogP contribution in [0.5, 0.6) is 11.5 Å². The largest absolute Gasteiger partial charge is 0.497 e. The van der Waals surface area contributed by atoms with Crippen molar-refractivity contribution in [2.75, 3.05) is 20.3 Å². The maximum Gasteiger partial charge on any atom is 0.259 e. The Morgan fingerprint density at radius 3 is 2.56 bits per heavy atom. The van der Waals surface area contributed by atoms with Crippen molar-refractivity contribution in [2.45, 2.75) is 0 Å². The Hall–Kier alpha value is -3.35. The molecule has 0 radical (unpaired) electrons. The topological polar surface area (TPSA) is 89.0 Å². The highest BCUT2D eigenvalue weighted by Crippen LogP contribution is 2.10. The summed E-state index contributed by atoms with van der Waals surface area (Å²) >= 11 is 0. The fourth-order valence-corrected chi connectivity index (χ4v) is 1.84. The van der Waals surface area contributed by atoms with E-state index in [0.29, 0.717) is 11.5 Å². The molecule has 0 bridgehead atoms. The number of hydrogen-bond acceptors (Lipinski definition) is 5. The van der Waals surface area contributed by atoms with Crippen LogP contribution in [-0.2, 0) is 9.59 Å². The molecular weight excluding hydrogens is 322 g/mol. The van der Waals surface area contributed by atoms with E-state index in [2.05, 4.69) is 15.8 Å². The van der Waals surface area contributed by atoms with Gasteiger partial charge in [0, 0.05) is 0 Å². The summed E-state index contributed by atoms with van der Waals surface area (Å²) in [6.45, 7) is -0.350. The van der Waals surface area contributed by atoms with Gasteiger partial charge in [-0.25, -0.2) is 5.43 Å². The number of methoxy groups -OCH3 is 1. The van der Waals surface area contributed by atoms with Crippen LogP contribution in [0.4, 0.5) is 0 Å². The molecule has 0 saturated carbocycles. The fraction of sp³-hybridized carbons (Fsp3) is 0.167. The Balaban J connectivity index is 1.67. The number of rotatable bonds is 8. The average Bonchev–Trinajstić information content (AvgIpc) is 2.65. The molecule has 2 rings (SSSR count). The number of carbonyl (C=O) groups excluding carboxylic acids is 2. The standard InChI is InChI=1S/C18H19N3O4/c1-24-16-9-5-6-14(10-16)11-20-21-17(22)12-19-18(23)13-25-15-7-3-2-4-8-15/h2-11H,12-13H2,1H3,(H,19,23)(H,21,22)/b20-11-. The second-order valence-corrected chi connectivity index (χ2v) is 4.95. The van der Waals surface area contributed by atoms with E-state index in [1.54, 1.807) is 37.4 Å². The molecule has 0 aliphatic heterocycles. The summed E-state index contributed by atoms with van der Waals surface area (Å²) in [5.41, 5.74) is 3.11. The molecule has 130 valence electrons. The molecule has 2 amide bonds. The van der Waals surface area contributed by atoms with E-state index >= 15 is 0 Å². The lowest BCUT2D eigenvalue weighted by molar-refractivity contribution is -0.127. The number of benzene rings is 2. The van der Waals surface area contributed by atoms with Gasteiger partial charge in [0.2, 0.25) is 0 Å². The summed E-state index contributed by atoms with van der Waals surface area (Å²) in [6.07, 6.45) is 1.49. The van der Waals surface area contributed by atoms with E-state index in [4.69, 9.17) is 9.47 Å². The number of para-hydroxylation sites is 1. The van der Waals surface area contributed by atoms with Gasteiger partial charge in [-0.15, -0.1) is 0 Å². The third kappa shape index (κ3) is 6.74. The highest BCUT2D eigenvalue weighted by atomic mass is 16.5. The van der Waals surface area contributed by atoms with Gasteiger partial charge in [0.05, 0.1) is 19.9 Å². The van der Waals surface area contributed by atoms with E-state index in [0.717, 1.165) is 5.56 Å². The van der Waals surface area contributed by atoms with Crippen molar-refractivity contribution >= 4 is 18.0 Å². The minimum Gasteiger partial charge on any atom is -0.497 e. The smallest absolute Gasteiger partial charge is 0.259 e. The van der Waals surface area contributed by atoms with Crippen molar-refractivity contribution in [3.05, 3.63) is 60.2 Å². The first kappa shape index (κ1) is 18.0. The van der Waals surface area contributed by atoms with Crippen molar-refractivity contribution in [1.82, 2.24) is 10.7 Å². The number of ether oxygens (including phenoxy) is 2. The summed E-state index contributed by atoms with van der Waals surface area (Å²) < 4.78 is 10.4. The van der Waals surface area contributed by atoms with Crippen molar-refractivity contribution < 1.29 is 19.1 Å². The van der Waals surface area contributed by atoms with Gasteiger partial charge in [-0.3, -0.25) is 9.59 Å². The van der Waals surface area contributed by atoms with Crippen LogP contribution in [0.25, 0.3) is 0 Å². The third-order valence-corrected chi connectivity index (χ3v) is 3.06. The average molecular weight is 341 g/mol. The first-order valence-electron chi connectivity index (χ1n) is 7.58. The molecule has 2 aromatic carbocycles. The normalized spacial score (nSPS) is 10.3. The van der Waals surface area contributed by atoms with Gasteiger partial charge in [0.1, 0.15) is 11.5 Å². The van der Waals surface area contributed by atoms with Crippen LogP contribution in [0.2, 0.25) is 0 Å². The quantitative estimate of drug-likeness (QED) is 0.560. The van der Waals surface area contributed by atoms with Gasteiger partial charge in [0.15, 0.2) is 6.61 Å². The lowest BCUT2D eigenvalue weighted by atomic mass is 10.2. The predicted octanol–water partition coefficient (Wildman–Crippen LogP) is 1.34. The van der Waals surface area contributed by atoms with Crippen LogP contribution in [0.15, 0.2) is 59.7 Å². The molecule has 0 aromatic heterocycles. The summed E-state index contributed by atoms with van der Waals surface area (Å²) in [6, 6.07) is 16.2. The zero-order valence-corrected chi connectivity index (χ0v) is 13.8. The Labute approximate surface area is 145 Å². The van der Waals surface area contributed by atoms with Crippen molar-refractivity contribution in [2.24, 2.45) is 5.10 Å². The number of hydrogen-bond donors (Lipinski definition) is 2. The minimum absolute atomic E-state index is 0.162. The fourth-order valence-electron chi connectivity index (χ4n) is 1.84. The van der Waals surface area contributed by atoms with Crippen LogP contribution in [0.3, 0.4) is 0 Å². The second-order valence-electron chi connectivity index (χ2n) is 4.95. The third-order valence-electron chi connectivity index (χ3n) is 3.06. The second kappa shape index (κ2) is 9.71. The van der Waals surface area contributed by atoms with Crippen molar-refractivity contribution in [1.29, 1.82) is 0 Å². The van der Waals surface area contributed by atoms with Crippen LogP contribution in [0, 0.1) is 0 Å². The maximum absolute atomic E-state index is 11.6. The van der Waals surface area contributed by atoms with Gasteiger partial charge < -0.3 is 14.8 Å². The first-order chi connectivity index (χ1) is 12.2. The zero-order chi connectivity index (χ0) is 17.9. The van der Waals surface area contributed by atoms with Crippen LogP contribution >= 0.6 is 0 Å². The molecule has 2 aromatic rings. The molecule has 0 unspecified atom stereocenters. The number of hydrazone groups is 1. The van der Waals surface area contributed by atoms with Gasteiger partial charge in [-0.1, -0.05) is 30.3 Å². The van der Waals surface area contributed by atoms with Gasteiger partial charge in [0.25, 0.3) is 11.8 Å². The Kier molecular flexibility index (Phi) is 6.99. The van der Waals surface area contributed by atoms with E-state index in [1.807, 2.05) is 24.3 Å². The molecular formula is C18H19N3O4. The highest BCUT2D eigenvalue weighted by molar-refractivity contribution is 5.86. The monoisotopic (exact) mass is 341 g/mol. The van der Waals surface area contributed by atoms with Crippen LogP contribution < -0.4 is 20.2 Å². The minimum atomic E-state index is -0.438. The molecule has 0 saturated heterocycles. The summed E-state index contributed by atoms with van der Waals surface area (Å²) in [4.78, 5) is 23.2. The van der Waals surface area contributed by atoms with Gasteiger partial charge in [-0.05, 0) is 29.8 Å². The molecule has 0 aliphatic carbocycles. The molecule has 0 atom stereocenters. The lowest BCUT2D eigenvalue weighted by Crippen LogP contribution is -2.37. The molecule has 0 spiro atoms. The van der Waals surface area contributed by atoms with Crippen LogP contribution in [0.1, 0.15) is 5.56 Å². The maximum atomic E-state index is 11.6. The van der Waals surface area contributed by atoms with E-state index in [1.165, 1.54) is 6.21 Å². The molecule has 7 heteroatoms. The van der Waals surface area contributed by atoms with E-state index in [-0.39, 0.29) is 13.2 Å². The highest BCUT2D eigenvalue weighted by Gasteiger charge is 2.05. The molecule has 7 nitrogen and oxygen atoms in total. The van der Waals surface area contributed by atoms with Gasteiger partial charge >= 0.3 is 0 Å². The van der Waals surface area contributed by atoms with E-state index in [9.17, 15) is 9.59 Å². The molecule has 0 aliphatic rings. The predicted molar refractivity (Wildman–Crippen MR) is 93.7 cm³/mol. The Morgan fingerprint density at radius 2 is 1.80 bits per heavy atom. The first-order valence-corrected chi connectivity index (χ1v) is 7.58. The number of nitrogens with one attached hydrogen (secondary N) is 2. The number of nitrogens with zero attached hydrogens (tertiary/aromatic N) is 1. The summed E-state index contributed by atoms with van der Waals surface area (Å²) in [7, 11) is 1.57. The molecule has 2 N–H and O–H groups in total.